The Morgan fingerprint density at radius 3 is 2.74 bits per heavy atom. The monoisotopic (exact) mass is 382 g/mol. The van der Waals surface area contributed by atoms with Crippen LogP contribution in [0.5, 0.6) is 11.5 Å². The first-order chi connectivity index (χ1) is 13.1. The number of rotatable bonds is 7. The Bertz CT molecular complexity index is 910. The van der Waals surface area contributed by atoms with Crippen LogP contribution in [0.15, 0.2) is 53.4 Å². The second-order valence-corrected chi connectivity index (χ2v) is 6.90. The van der Waals surface area contributed by atoms with Crippen molar-refractivity contribution in [2.24, 2.45) is 0 Å². The Hall–Kier alpha value is -2.86. The van der Waals surface area contributed by atoms with Gasteiger partial charge in [-0.2, -0.15) is 0 Å². The van der Waals surface area contributed by atoms with Gasteiger partial charge in [0.15, 0.2) is 11.5 Å². The Morgan fingerprint density at radius 1 is 1.22 bits per heavy atom. The molecule has 5 nitrogen and oxygen atoms in total. The van der Waals surface area contributed by atoms with Gasteiger partial charge < -0.3 is 14.8 Å². The Kier molecular flexibility index (Phi) is 6.08. The highest BCUT2D eigenvalue weighted by molar-refractivity contribution is 7.07. The third-order valence-corrected chi connectivity index (χ3v) is 4.92. The van der Waals surface area contributed by atoms with E-state index in [-0.39, 0.29) is 11.9 Å². The van der Waals surface area contributed by atoms with E-state index in [9.17, 15) is 4.79 Å². The van der Waals surface area contributed by atoms with Crippen molar-refractivity contribution < 1.29 is 14.3 Å². The summed E-state index contributed by atoms with van der Waals surface area (Å²) < 4.78 is 11.2. The number of amides is 1. The number of nitrogens with zero attached hydrogens (tertiary/aromatic N) is 1. The topological polar surface area (TPSA) is 60.5 Å². The number of thiazole rings is 1. The van der Waals surface area contributed by atoms with Crippen molar-refractivity contribution in [3.8, 4) is 11.5 Å². The summed E-state index contributed by atoms with van der Waals surface area (Å²) in [4.78, 5) is 16.8. The fourth-order valence-electron chi connectivity index (χ4n) is 2.82. The maximum absolute atomic E-state index is 12.6. The van der Waals surface area contributed by atoms with Gasteiger partial charge in [-0.15, -0.1) is 11.3 Å². The highest BCUT2D eigenvalue weighted by Gasteiger charge is 2.15. The van der Waals surface area contributed by atoms with Crippen LogP contribution in [-0.2, 0) is 6.61 Å². The van der Waals surface area contributed by atoms with Gasteiger partial charge in [-0.1, -0.05) is 24.3 Å². The lowest BCUT2D eigenvalue weighted by Gasteiger charge is -2.17. The number of aryl methyl sites for hydroxylation is 1. The van der Waals surface area contributed by atoms with E-state index < -0.39 is 0 Å². The van der Waals surface area contributed by atoms with Gasteiger partial charge >= 0.3 is 0 Å². The van der Waals surface area contributed by atoms with Gasteiger partial charge in [0.05, 0.1) is 24.4 Å². The van der Waals surface area contributed by atoms with Crippen molar-refractivity contribution in [1.29, 1.82) is 0 Å². The van der Waals surface area contributed by atoms with E-state index in [1.54, 1.807) is 30.8 Å². The van der Waals surface area contributed by atoms with Gasteiger partial charge in [0.2, 0.25) is 0 Å². The molecule has 6 heteroatoms. The second-order valence-electron chi connectivity index (χ2n) is 6.19. The van der Waals surface area contributed by atoms with E-state index in [1.165, 1.54) is 11.3 Å². The molecule has 3 aromatic rings. The maximum Gasteiger partial charge on any atom is 0.251 e. The van der Waals surface area contributed by atoms with Crippen LogP contribution in [0.25, 0.3) is 0 Å². The third-order valence-electron chi connectivity index (χ3n) is 4.29. The minimum Gasteiger partial charge on any atom is -0.493 e. The maximum atomic E-state index is 12.6. The number of carbonyl (C=O) groups excluding carboxylic acids is 1. The minimum absolute atomic E-state index is 0.0923. The average Bonchev–Trinajstić information content (AvgIpc) is 3.20. The van der Waals surface area contributed by atoms with E-state index in [4.69, 9.17) is 9.47 Å². The molecule has 3 rings (SSSR count). The molecule has 0 radical (unpaired) electrons. The summed E-state index contributed by atoms with van der Waals surface area (Å²) in [7, 11) is 1.56. The molecule has 0 saturated heterocycles. The van der Waals surface area contributed by atoms with Crippen LogP contribution in [0, 0.1) is 6.92 Å². The summed E-state index contributed by atoms with van der Waals surface area (Å²) in [6.45, 7) is 4.37. The fourth-order valence-corrected chi connectivity index (χ4v) is 3.36. The Morgan fingerprint density at radius 2 is 2.04 bits per heavy atom. The SMILES string of the molecule is COc1cc(C(=O)NC(C)c2ccccc2C)ccc1OCc1cscn1. The summed E-state index contributed by atoms with van der Waals surface area (Å²) in [6, 6.07) is 13.1. The molecular weight excluding hydrogens is 360 g/mol. The number of hydrogen-bond donors (Lipinski definition) is 1. The molecule has 27 heavy (non-hydrogen) atoms. The highest BCUT2D eigenvalue weighted by Crippen LogP contribution is 2.29. The molecule has 0 aliphatic heterocycles. The molecule has 1 N–H and O–H groups in total. The van der Waals surface area contributed by atoms with Gasteiger partial charge in [0.25, 0.3) is 5.91 Å². The van der Waals surface area contributed by atoms with E-state index in [1.807, 2.05) is 43.5 Å². The number of methoxy groups -OCH3 is 1. The Balaban J connectivity index is 1.70. The smallest absolute Gasteiger partial charge is 0.251 e. The van der Waals surface area contributed by atoms with Crippen LogP contribution in [-0.4, -0.2) is 18.0 Å². The second kappa shape index (κ2) is 8.68. The van der Waals surface area contributed by atoms with Crippen molar-refractivity contribution in [3.63, 3.8) is 0 Å². The van der Waals surface area contributed by atoms with Gasteiger partial charge in [-0.05, 0) is 43.2 Å². The van der Waals surface area contributed by atoms with Gasteiger partial charge in [0.1, 0.15) is 6.61 Å². The van der Waals surface area contributed by atoms with Crippen LogP contribution < -0.4 is 14.8 Å². The van der Waals surface area contributed by atoms with Gasteiger partial charge in [-0.25, -0.2) is 4.98 Å². The van der Waals surface area contributed by atoms with Crippen LogP contribution in [0.4, 0.5) is 0 Å². The van der Waals surface area contributed by atoms with Crippen LogP contribution in [0.2, 0.25) is 0 Å². The molecule has 0 spiro atoms. The average molecular weight is 382 g/mol. The summed E-state index contributed by atoms with van der Waals surface area (Å²) in [6.07, 6.45) is 0. The van der Waals surface area contributed by atoms with E-state index in [0.717, 1.165) is 16.8 Å². The highest BCUT2D eigenvalue weighted by atomic mass is 32.1. The quantitative estimate of drug-likeness (QED) is 0.652. The summed E-state index contributed by atoms with van der Waals surface area (Å²) in [5.74, 6) is 0.936. The number of aromatic nitrogens is 1. The molecule has 1 unspecified atom stereocenters. The molecule has 1 aromatic heterocycles. The molecule has 0 aliphatic rings. The zero-order valence-corrected chi connectivity index (χ0v) is 16.4. The first kappa shape index (κ1) is 18.9. The first-order valence-electron chi connectivity index (χ1n) is 8.62. The van der Waals surface area contributed by atoms with E-state index in [0.29, 0.717) is 23.7 Å². The van der Waals surface area contributed by atoms with Crippen molar-refractivity contribution in [2.75, 3.05) is 7.11 Å². The molecule has 0 saturated carbocycles. The van der Waals surface area contributed by atoms with Crippen LogP contribution in [0.3, 0.4) is 0 Å². The Labute approximate surface area is 163 Å². The lowest BCUT2D eigenvalue weighted by Crippen LogP contribution is -2.27. The molecule has 140 valence electrons. The minimum atomic E-state index is -0.157. The van der Waals surface area contributed by atoms with Crippen molar-refractivity contribution in [1.82, 2.24) is 10.3 Å². The summed E-state index contributed by atoms with van der Waals surface area (Å²) in [5.41, 5.74) is 5.39. The number of hydrogen-bond acceptors (Lipinski definition) is 5. The van der Waals surface area contributed by atoms with Gasteiger partial charge in [0, 0.05) is 10.9 Å². The fraction of sp³-hybridized carbons (Fsp3) is 0.238. The van der Waals surface area contributed by atoms with Crippen LogP contribution in [0.1, 0.15) is 40.1 Å². The molecule has 1 heterocycles. The lowest BCUT2D eigenvalue weighted by molar-refractivity contribution is 0.0939. The molecule has 1 amide bonds. The zero-order chi connectivity index (χ0) is 19.2. The zero-order valence-electron chi connectivity index (χ0n) is 15.6. The van der Waals surface area contributed by atoms with Crippen LogP contribution >= 0.6 is 11.3 Å². The number of nitrogens with one attached hydrogen (secondary N) is 1. The predicted molar refractivity (Wildman–Crippen MR) is 107 cm³/mol. The number of benzene rings is 2. The predicted octanol–water partition coefficient (Wildman–Crippen LogP) is 4.53. The molecule has 0 fully saturated rings. The van der Waals surface area contributed by atoms with Crippen molar-refractivity contribution in [3.05, 3.63) is 75.7 Å². The first-order valence-corrected chi connectivity index (χ1v) is 9.57. The molecular formula is C21H22N2O3S. The van der Waals surface area contributed by atoms with Crippen molar-refractivity contribution in [2.45, 2.75) is 26.5 Å². The molecule has 0 bridgehead atoms. The van der Waals surface area contributed by atoms with Crippen molar-refractivity contribution >= 4 is 17.2 Å². The number of carbonyl (C=O) groups is 1. The summed E-state index contributed by atoms with van der Waals surface area (Å²) >= 11 is 1.52. The lowest BCUT2D eigenvalue weighted by atomic mass is 10.0. The van der Waals surface area contributed by atoms with E-state index in [2.05, 4.69) is 10.3 Å². The molecule has 0 aliphatic carbocycles. The summed E-state index contributed by atoms with van der Waals surface area (Å²) in [5, 5.41) is 4.97. The standard InChI is InChI=1S/C21H22N2O3S/c1-14-6-4-5-7-18(14)15(2)23-21(24)16-8-9-19(20(10-16)25-3)26-11-17-12-27-13-22-17/h4-10,12-13,15H,11H2,1-3H3,(H,23,24). The van der Waals surface area contributed by atoms with E-state index >= 15 is 0 Å². The number of ether oxygens (including phenoxy) is 2. The largest absolute Gasteiger partial charge is 0.493 e. The normalized spacial score (nSPS) is 11.7. The third kappa shape index (κ3) is 4.65. The molecule has 1 atom stereocenters. The van der Waals surface area contributed by atoms with Gasteiger partial charge in [-0.3, -0.25) is 4.79 Å². The molecule has 2 aromatic carbocycles.